The van der Waals surface area contributed by atoms with Crippen molar-refractivity contribution in [2.45, 2.75) is 95.5 Å². The van der Waals surface area contributed by atoms with Crippen LogP contribution in [0.1, 0.15) is 71.1 Å². The zero-order chi connectivity index (χ0) is 23.4. The molecule has 3 fully saturated rings. The highest BCUT2D eigenvalue weighted by molar-refractivity contribution is 5.86. The van der Waals surface area contributed by atoms with Crippen molar-refractivity contribution in [2.24, 2.45) is 22.7 Å². The molecule has 2 heterocycles. The van der Waals surface area contributed by atoms with Crippen molar-refractivity contribution in [3.63, 3.8) is 0 Å². The summed E-state index contributed by atoms with van der Waals surface area (Å²) in [6, 6.07) is 8.59. The first kappa shape index (κ1) is 21.8. The van der Waals surface area contributed by atoms with Crippen LogP contribution in [0.2, 0.25) is 0 Å². The lowest BCUT2D eigenvalue weighted by molar-refractivity contribution is -0.271. The van der Waals surface area contributed by atoms with Crippen LogP contribution < -0.4 is 0 Å². The van der Waals surface area contributed by atoms with Gasteiger partial charge in [-0.25, -0.2) is 0 Å². The van der Waals surface area contributed by atoms with Crippen LogP contribution >= 0.6 is 0 Å². The molecule has 178 valence electrons. The Morgan fingerprint density at radius 3 is 2.67 bits per heavy atom. The first-order chi connectivity index (χ1) is 15.6. The summed E-state index contributed by atoms with van der Waals surface area (Å²) in [4.78, 5) is 16.8. The average Bonchev–Trinajstić information content (AvgIpc) is 3.28. The number of aliphatic hydroxyl groups is 2. The van der Waals surface area contributed by atoms with Crippen LogP contribution in [0.4, 0.5) is 0 Å². The quantitative estimate of drug-likeness (QED) is 0.595. The topological polar surface area (TPSA) is 82.5 Å². The predicted octanol–water partition coefficient (Wildman–Crippen LogP) is 4.28. The van der Waals surface area contributed by atoms with Crippen molar-refractivity contribution in [3.8, 4) is 0 Å². The fourth-order valence-electron chi connectivity index (χ4n) is 8.83. The Labute approximate surface area is 195 Å². The molecule has 1 saturated heterocycles. The van der Waals surface area contributed by atoms with Gasteiger partial charge < -0.3 is 24.7 Å². The Morgan fingerprint density at radius 2 is 1.94 bits per heavy atom. The summed E-state index contributed by atoms with van der Waals surface area (Å²) in [5, 5.41) is 23.5. The number of aromatic amines is 1. The van der Waals surface area contributed by atoms with Gasteiger partial charge in [-0.2, -0.15) is 0 Å². The summed E-state index contributed by atoms with van der Waals surface area (Å²) >= 11 is 0. The van der Waals surface area contributed by atoms with Gasteiger partial charge in [0.15, 0.2) is 0 Å². The molecule has 0 amide bonds. The molecular formula is C28H37NO4. The summed E-state index contributed by atoms with van der Waals surface area (Å²) in [5.41, 5.74) is 1.80. The number of benzene rings is 1. The van der Waals surface area contributed by atoms with E-state index in [0.29, 0.717) is 12.3 Å². The molecule has 8 atom stereocenters. The lowest BCUT2D eigenvalue weighted by Crippen LogP contribution is -2.70. The molecule has 1 aliphatic heterocycles. The normalized spacial score (nSPS) is 44.6. The summed E-state index contributed by atoms with van der Waals surface area (Å²) in [5.74, 6) is 0.577. The minimum absolute atomic E-state index is 0.0395. The van der Waals surface area contributed by atoms with E-state index in [1.807, 2.05) is 0 Å². The van der Waals surface area contributed by atoms with Gasteiger partial charge >= 0.3 is 0 Å². The Kier molecular flexibility index (Phi) is 4.43. The number of ether oxygens (including phenoxy) is 1. The van der Waals surface area contributed by atoms with E-state index in [4.69, 9.17) is 4.74 Å². The van der Waals surface area contributed by atoms with Crippen LogP contribution in [0.25, 0.3) is 10.9 Å². The molecular weight excluding hydrogens is 414 g/mol. The van der Waals surface area contributed by atoms with E-state index in [-0.39, 0.29) is 22.9 Å². The lowest BCUT2D eigenvalue weighted by Gasteiger charge is -2.67. The number of hydrogen-bond acceptors (Lipinski definition) is 4. The molecule has 3 aliphatic carbocycles. The molecule has 5 heteroatoms. The van der Waals surface area contributed by atoms with Crippen LogP contribution in [0.15, 0.2) is 24.3 Å². The van der Waals surface area contributed by atoms with E-state index >= 15 is 0 Å². The third-order valence-corrected chi connectivity index (χ3v) is 10.8. The molecule has 33 heavy (non-hydrogen) atoms. The molecule has 6 rings (SSSR count). The van der Waals surface area contributed by atoms with Crippen molar-refractivity contribution in [2.75, 3.05) is 0 Å². The number of aldehydes is 1. The number of nitrogens with one attached hydrogen (secondary N) is 1. The van der Waals surface area contributed by atoms with Gasteiger partial charge in [-0.15, -0.1) is 0 Å². The maximum Gasteiger partial charge on any atom is 0.131 e. The second-order valence-corrected chi connectivity index (χ2v) is 12.3. The largest absolute Gasteiger partial charge is 0.392 e. The molecule has 3 N–H and O–H groups in total. The first-order valence-electron chi connectivity index (χ1n) is 12.7. The Hall–Kier alpha value is -1.69. The van der Waals surface area contributed by atoms with Gasteiger partial charge in [0.05, 0.1) is 29.3 Å². The van der Waals surface area contributed by atoms with Gasteiger partial charge in [0.2, 0.25) is 0 Å². The van der Waals surface area contributed by atoms with Gasteiger partial charge in [-0.05, 0) is 74.8 Å². The van der Waals surface area contributed by atoms with E-state index in [1.54, 1.807) is 13.8 Å². The minimum atomic E-state index is -1.05. The smallest absolute Gasteiger partial charge is 0.131 e. The predicted molar refractivity (Wildman–Crippen MR) is 127 cm³/mol. The number of aliphatic hydroxyl groups excluding tert-OH is 1. The van der Waals surface area contributed by atoms with E-state index < -0.39 is 23.2 Å². The highest BCUT2D eigenvalue weighted by Crippen LogP contribution is 2.71. The summed E-state index contributed by atoms with van der Waals surface area (Å²) in [6.45, 7) is 8.25. The third-order valence-electron chi connectivity index (χ3n) is 10.8. The number of aromatic nitrogens is 1. The molecule has 1 unspecified atom stereocenters. The minimum Gasteiger partial charge on any atom is -0.392 e. The van der Waals surface area contributed by atoms with Crippen molar-refractivity contribution >= 4 is 17.2 Å². The van der Waals surface area contributed by atoms with Crippen molar-refractivity contribution in [1.82, 2.24) is 4.98 Å². The van der Waals surface area contributed by atoms with E-state index in [1.165, 1.54) is 22.2 Å². The molecule has 0 bridgehead atoms. The average molecular weight is 452 g/mol. The van der Waals surface area contributed by atoms with Crippen molar-refractivity contribution in [1.29, 1.82) is 0 Å². The number of rotatable bonds is 2. The number of H-pyrrole nitrogens is 1. The van der Waals surface area contributed by atoms with Crippen LogP contribution in [0, 0.1) is 22.7 Å². The molecule has 0 radical (unpaired) electrons. The number of para-hydroxylation sites is 1. The van der Waals surface area contributed by atoms with Gasteiger partial charge in [0.25, 0.3) is 0 Å². The molecule has 2 saturated carbocycles. The van der Waals surface area contributed by atoms with Gasteiger partial charge in [0, 0.05) is 28.4 Å². The summed E-state index contributed by atoms with van der Waals surface area (Å²) < 4.78 is 6.43. The first-order valence-corrected chi connectivity index (χ1v) is 12.7. The van der Waals surface area contributed by atoms with Gasteiger partial charge in [-0.1, -0.05) is 32.0 Å². The molecule has 1 aromatic heterocycles. The molecule has 1 aromatic carbocycles. The zero-order valence-corrected chi connectivity index (χ0v) is 20.2. The second kappa shape index (κ2) is 6.71. The number of fused-ring (bicyclic) bond motifs is 9. The Bertz CT molecular complexity index is 1120. The van der Waals surface area contributed by atoms with Gasteiger partial charge in [-0.3, -0.25) is 0 Å². The Balaban J connectivity index is 1.47. The summed E-state index contributed by atoms with van der Waals surface area (Å²) in [7, 11) is 0. The Morgan fingerprint density at radius 1 is 1.18 bits per heavy atom. The maximum atomic E-state index is 13.0. The molecule has 4 aliphatic rings. The lowest BCUT2D eigenvalue weighted by atomic mass is 9.39. The number of carbonyl (C=O) groups excluding carboxylic acids is 1. The molecule has 2 aromatic rings. The van der Waals surface area contributed by atoms with E-state index in [9.17, 15) is 15.0 Å². The fraction of sp³-hybridized carbons (Fsp3) is 0.679. The van der Waals surface area contributed by atoms with Gasteiger partial charge in [0.1, 0.15) is 6.29 Å². The monoisotopic (exact) mass is 451 g/mol. The maximum absolute atomic E-state index is 13.0. The summed E-state index contributed by atoms with van der Waals surface area (Å²) in [6.07, 6.45) is 4.45. The van der Waals surface area contributed by atoms with Crippen LogP contribution in [-0.2, 0) is 21.4 Å². The third kappa shape index (κ3) is 2.51. The highest BCUT2D eigenvalue weighted by Gasteiger charge is 2.71. The van der Waals surface area contributed by atoms with Crippen LogP contribution in [0.3, 0.4) is 0 Å². The van der Waals surface area contributed by atoms with Crippen LogP contribution in [-0.4, -0.2) is 45.4 Å². The van der Waals surface area contributed by atoms with E-state index in [0.717, 1.165) is 38.4 Å². The molecule has 0 spiro atoms. The zero-order valence-electron chi connectivity index (χ0n) is 20.2. The number of carbonyl (C=O) groups is 1. The van der Waals surface area contributed by atoms with Crippen molar-refractivity contribution in [3.05, 3.63) is 35.5 Å². The fourth-order valence-corrected chi connectivity index (χ4v) is 8.83. The number of hydrogen-bond donors (Lipinski definition) is 3. The standard InChI is InChI=1S/C28H37NO4/c1-25(2,32)23-14-21(31)28(15-30)20-10-9-16-13-18-17-7-5-6-8-19(17)29-24(18)27(16,4)26(20,3)12-11-22(28)33-23/h5-8,15-16,20-23,29,31-32H,9-14H2,1-4H3/t16-,20+,21+,22-,23-,26-,27+,28?/m0/s1. The second-order valence-electron chi connectivity index (χ2n) is 12.3. The van der Waals surface area contributed by atoms with Crippen molar-refractivity contribution < 1.29 is 19.7 Å². The van der Waals surface area contributed by atoms with E-state index in [2.05, 4.69) is 43.1 Å². The highest BCUT2D eigenvalue weighted by atomic mass is 16.5. The SMILES string of the molecule is CC(C)(O)[C@@H]1C[C@@H](O)C2(C=O)[C@H](CC[C@@]3(C)[C@H]2CC[C@H]2Cc4c([nH]c5ccccc45)[C@@]23C)O1. The van der Waals surface area contributed by atoms with Crippen LogP contribution in [0.5, 0.6) is 0 Å². The molecule has 5 nitrogen and oxygen atoms in total.